The summed E-state index contributed by atoms with van der Waals surface area (Å²) < 4.78 is 11.4. The Morgan fingerprint density at radius 3 is 2.65 bits per heavy atom. The molecule has 1 atom stereocenters. The van der Waals surface area contributed by atoms with Crippen molar-refractivity contribution in [1.82, 2.24) is 9.97 Å². The Hall–Kier alpha value is -1.69. The van der Waals surface area contributed by atoms with Gasteiger partial charge in [0.2, 0.25) is 0 Å². The van der Waals surface area contributed by atoms with Gasteiger partial charge in [0.1, 0.15) is 0 Å². The third-order valence-electron chi connectivity index (χ3n) is 3.37. The molecule has 23 heavy (non-hydrogen) atoms. The van der Waals surface area contributed by atoms with Gasteiger partial charge in [-0.2, -0.15) is 0 Å². The fourth-order valence-electron chi connectivity index (χ4n) is 2.43. The highest BCUT2D eigenvalue weighted by molar-refractivity contribution is 7.85. The van der Waals surface area contributed by atoms with Gasteiger partial charge in [-0.3, -0.25) is 14.0 Å². The van der Waals surface area contributed by atoms with Crippen LogP contribution in [0, 0.1) is 0 Å². The lowest BCUT2D eigenvalue weighted by atomic mass is 10.0. The Kier molecular flexibility index (Phi) is 4.53. The van der Waals surface area contributed by atoms with Crippen LogP contribution in [0.5, 0.6) is 0 Å². The second-order valence-electron chi connectivity index (χ2n) is 5.04. The Labute approximate surface area is 145 Å². The van der Waals surface area contributed by atoms with E-state index in [9.17, 15) is 9.00 Å². The van der Waals surface area contributed by atoms with Crippen molar-refractivity contribution < 1.29 is 9.00 Å². The molecule has 118 valence electrons. The number of halogens is 2. The molecule has 1 unspecified atom stereocenters. The van der Waals surface area contributed by atoms with Crippen LogP contribution in [0.1, 0.15) is 10.5 Å². The summed E-state index contributed by atoms with van der Waals surface area (Å²) in [5.74, 6) is -0.302. The van der Waals surface area contributed by atoms with Gasteiger partial charge in [-0.1, -0.05) is 29.3 Å². The summed E-state index contributed by atoms with van der Waals surface area (Å²) >= 11 is 12.2. The Bertz CT molecular complexity index is 923. The van der Waals surface area contributed by atoms with E-state index in [2.05, 4.69) is 9.97 Å². The summed E-state index contributed by atoms with van der Waals surface area (Å²) in [6, 6.07) is 8.82. The van der Waals surface area contributed by atoms with Crippen molar-refractivity contribution in [1.29, 1.82) is 0 Å². The van der Waals surface area contributed by atoms with Crippen LogP contribution in [0.3, 0.4) is 0 Å². The van der Waals surface area contributed by atoms with E-state index in [4.69, 9.17) is 23.2 Å². The van der Waals surface area contributed by atoms with Crippen LogP contribution in [0.25, 0.3) is 22.2 Å². The van der Waals surface area contributed by atoms with Gasteiger partial charge in [0.05, 0.1) is 27.2 Å². The largest absolute Gasteiger partial charge is 0.351 e. The number of H-pyrrole nitrogens is 1. The van der Waals surface area contributed by atoms with E-state index in [0.29, 0.717) is 32.5 Å². The normalized spacial score (nSPS) is 12.5. The molecule has 0 fully saturated rings. The molecule has 3 aromatic rings. The standard InChI is InChI=1S/C16H12Cl2N2O2S/c1-23(22)8-14(21)16-15(12-4-2-3-5-19-12)9-6-10(17)11(18)7-13(9)20-16/h2-7,20H,8H2,1H3. The average Bonchev–Trinajstić information content (AvgIpc) is 2.86. The van der Waals surface area contributed by atoms with Crippen molar-refractivity contribution in [2.45, 2.75) is 0 Å². The predicted octanol–water partition coefficient (Wildman–Crippen LogP) is 4.10. The number of hydrogen-bond donors (Lipinski definition) is 1. The molecule has 0 spiro atoms. The van der Waals surface area contributed by atoms with Crippen LogP contribution in [0.2, 0.25) is 10.0 Å². The second kappa shape index (κ2) is 6.43. The molecule has 0 saturated heterocycles. The summed E-state index contributed by atoms with van der Waals surface area (Å²) in [6.45, 7) is 0. The van der Waals surface area contributed by atoms with E-state index in [-0.39, 0.29) is 11.5 Å². The number of carbonyl (C=O) groups excluding carboxylic acids is 1. The van der Waals surface area contributed by atoms with Gasteiger partial charge in [-0.15, -0.1) is 0 Å². The number of benzene rings is 1. The van der Waals surface area contributed by atoms with Gasteiger partial charge < -0.3 is 4.98 Å². The fourth-order valence-corrected chi connectivity index (χ4v) is 3.27. The minimum Gasteiger partial charge on any atom is -0.351 e. The molecule has 0 aliphatic carbocycles. The van der Waals surface area contributed by atoms with E-state index in [1.807, 2.05) is 12.1 Å². The van der Waals surface area contributed by atoms with Gasteiger partial charge in [-0.05, 0) is 24.3 Å². The molecule has 0 amide bonds. The van der Waals surface area contributed by atoms with Crippen molar-refractivity contribution in [3.8, 4) is 11.3 Å². The number of aromatic nitrogens is 2. The minimum atomic E-state index is -1.23. The molecule has 1 aromatic carbocycles. The highest BCUT2D eigenvalue weighted by atomic mass is 35.5. The summed E-state index contributed by atoms with van der Waals surface area (Å²) in [5, 5.41) is 1.54. The third-order valence-corrected chi connectivity index (χ3v) is 4.76. The highest BCUT2D eigenvalue weighted by Gasteiger charge is 2.21. The predicted molar refractivity (Wildman–Crippen MR) is 94.8 cm³/mol. The first-order valence-electron chi connectivity index (χ1n) is 6.72. The van der Waals surface area contributed by atoms with Crippen molar-refractivity contribution >= 4 is 50.7 Å². The molecule has 2 heterocycles. The number of nitrogens with one attached hydrogen (secondary N) is 1. The van der Waals surface area contributed by atoms with Crippen LogP contribution >= 0.6 is 23.2 Å². The van der Waals surface area contributed by atoms with Crippen molar-refractivity contribution in [3.63, 3.8) is 0 Å². The van der Waals surface area contributed by atoms with Crippen LogP contribution in [-0.4, -0.2) is 32.0 Å². The summed E-state index contributed by atoms with van der Waals surface area (Å²) in [4.78, 5) is 19.9. The zero-order chi connectivity index (χ0) is 16.6. The van der Waals surface area contributed by atoms with E-state index >= 15 is 0 Å². The van der Waals surface area contributed by atoms with Gasteiger partial charge >= 0.3 is 0 Å². The van der Waals surface area contributed by atoms with E-state index in [0.717, 1.165) is 5.39 Å². The van der Waals surface area contributed by atoms with Gasteiger partial charge in [-0.25, -0.2) is 0 Å². The third kappa shape index (κ3) is 3.17. The monoisotopic (exact) mass is 366 g/mol. The lowest BCUT2D eigenvalue weighted by Crippen LogP contribution is -2.11. The number of ketones is 1. The van der Waals surface area contributed by atoms with E-state index in [1.165, 1.54) is 6.26 Å². The molecular weight excluding hydrogens is 355 g/mol. The molecule has 0 saturated carbocycles. The number of nitrogens with zero attached hydrogens (tertiary/aromatic N) is 1. The SMILES string of the molecule is CS(=O)CC(=O)c1[nH]c2cc(Cl)c(Cl)cc2c1-c1ccccn1. The zero-order valence-electron chi connectivity index (χ0n) is 12.1. The molecule has 0 aliphatic heterocycles. The van der Waals surface area contributed by atoms with Crippen LogP contribution in [-0.2, 0) is 10.8 Å². The summed E-state index contributed by atoms with van der Waals surface area (Å²) in [6.07, 6.45) is 3.15. The molecular formula is C16H12Cl2N2O2S. The first kappa shape index (κ1) is 16.2. The number of fused-ring (bicyclic) bond motifs is 1. The average molecular weight is 367 g/mol. The molecule has 4 nitrogen and oxygen atoms in total. The van der Waals surface area contributed by atoms with Gasteiger partial charge in [0.15, 0.2) is 5.78 Å². The number of pyridine rings is 1. The topological polar surface area (TPSA) is 62.8 Å². The van der Waals surface area contributed by atoms with E-state index in [1.54, 1.807) is 24.4 Å². The first-order chi connectivity index (χ1) is 11.0. The lowest BCUT2D eigenvalue weighted by molar-refractivity contribution is 0.101. The molecule has 7 heteroatoms. The van der Waals surface area contributed by atoms with Crippen LogP contribution in [0.15, 0.2) is 36.5 Å². The molecule has 2 aromatic heterocycles. The number of hydrogen-bond acceptors (Lipinski definition) is 3. The second-order valence-corrected chi connectivity index (χ2v) is 7.29. The first-order valence-corrected chi connectivity index (χ1v) is 9.21. The Morgan fingerprint density at radius 2 is 2.00 bits per heavy atom. The molecule has 1 N–H and O–H groups in total. The minimum absolute atomic E-state index is 0.0614. The maximum absolute atomic E-state index is 12.5. The lowest BCUT2D eigenvalue weighted by Gasteiger charge is -2.03. The van der Waals surface area contributed by atoms with Crippen LogP contribution < -0.4 is 0 Å². The number of Topliss-reactive ketones (excluding diaryl/α,β-unsaturated/α-hetero) is 1. The molecule has 0 aliphatic rings. The summed E-state index contributed by atoms with van der Waals surface area (Å²) in [7, 11) is -1.23. The maximum atomic E-state index is 12.5. The van der Waals surface area contributed by atoms with Gasteiger partial charge in [0.25, 0.3) is 0 Å². The smallest absolute Gasteiger partial charge is 0.192 e. The zero-order valence-corrected chi connectivity index (χ0v) is 14.4. The van der Waals surface area contributed by atoms with Crippen molar-refractivity contribution in [3.05, 3.63) is 52.3 Å². The Balaban J connectivity index is 2.30. The van der Waals surface area contributed by atoms with Crippen LogP contribution in [0.4, 0.5) is 0 Å². The fraction of sp³-hybridized carbons (Fsp3) is 0.125. The van der Waals surface area contributed by atoms with E-state index < -0.39 is 10.8 Å². The summed E-state index contributed by atoms with van der Waals surface area (Å²) in [5.41, 5.74) is 2.34. The highest BCUT2D eigenvalue weighted by Crippen LogP contribution is 2.36. The molecule has 3 rings (SSSR count). The number of aromatic amines is 1. The molecule has 0 radical (unpaired) electrons. The van der Waals surface area contributed by atoms with Crippen molar-refractivity contribution in [2.75, 3.05) is 12.0 Å². The number of carbonyl (C=O) groups is 1. The molecule has 0 bridgehead atoms. The number of rotatable bonds is 4. The Morgan fingerprint density at radius 1 is 1.26 bits per heavy atom. The van der Waals surface area contributed by atoms with Gasteiger partial charge in [0, 0.05) is 39.7 Å². The quantitative estimate of drug-likeness (QED) is 0.707. The maximum Gasteiger partial charge on any atom is 0.192 e. The van der Waals surface area contributed by atoms with Crippen molar-refractivity contribution in [2.24, 2.45) is 0 Å².